The number of hydrogen-bond donors (Lipinski definition) is 2. The minimum Gasteiger partial charge on any atom is -0.376 e. The first-order chi connectivity index (χ1) is 16.6. The van der Waals surface area contributed by atoms with Gasteiger partial charge in [-0.2, -0.15) is 23.5 Å². The normalized spacial score (nSPS) is 13.0. The molecule has 0 bridgehead atoms. The summed E-state index contributed by atoms with van der Waals surface area (Å²) in [5.74, 6) is -0.199. The lowest BCUT2D eigenvalue weighted by Gasteiger charge is -2.26. The zero-order chi connectivity index (χ0) is 25.2. The summed E-state index contributed by atoms with van der Waals surface area (Å²) in [6.07, 6.45) is -1.69. The van der Waals surface area contributed by atoms with Gasteiger partial charge in [-0.25, -0.2) is 4.68 Å². The number of pyridine rings is 1. The summed E-state index contributed by atoms with van der Waals surface area (Å²) in [6.45, 7) is 0.681. The lowest BCUT2D eigenvalue weighted by atomic mass is 9.95. The predicted molar refractivity (Wildman–Crippen MR) is 122 cm³/mol. The van der Waals surface area contributed by atoms with Crippen molar-refractivity contribution in [2.45, 2.75) is 18.7 Å². The Morgan fingerprint density at radius 2 is 1.66 bits per heavy atom. The lowest BCUT2D eigenvalue weighted by Crippen LogP contribution is -2.39. The Hall–Kier alpha value is -4.49. The van der Waals surface area contributed by atoms with Crippen LogP contribution in [0.25, 0.3) is 16.9 Å². The van der Waals surface area contributed by atoms with Crippen LogP contribution in [-0.4, -0.2) is 32.0 Å². The van der Waals surface area contributed by atoms with Crippen LogP contribution in [0.5, 0.6) is 0 Å². The van der Waals surface area contributed by atoms with Crippen LogP contribution in [-0.2, 0) is 5.60 Å². The second kappa shape index (κ2) is 9.04. The summed E-state index contributed by atoms with van der Waals surface area (Å²) in [4.78, 5) is 16.8. The van der Waals surface area contributed by atoms with Gasteiger partial charge in [0.15, 0.2) is 5.60 Å². The van der Waals surface area contributed by atoms with Gasteiger partial charge < -0.3 is 10.4 Å². The molecule has 4 aromatic rings. The fraction of sp³-hybridized carbons (Fsp3) is 0.120. The molecule has 1 amide bonds. The lowest BCUT2D eigenvalue weighted by molar-refractivity contribution is -0.258. The van der Waals surface area contributed by atoms with E-state index in [2.05, 4.69) is 15.4 Å². The molecule has 4 rings (SSSR count). The van der Waals surface area contributed by atoms with E-state index in [4.69, 9.17) is 5.26 Å². The SMILES string of the molecule is CC(O)(c1ccc(-n2nc(-c3ccncc3)cc2NC(=O)c2ccc(C#N)cc2)cc1)C(F)(F)F. The van der Waals surface area contributed by atoms with Crippen LogP contribution in [0, 0.1) is 11.3 Å². The fourth-order valence-electron chi connectivity index (χ4n) is 3.31. The average Bonchev–Trinajstić information content (AvgIpc) is 3.27. The zero-order valence-electron chi connectivity index (χ0n) is 18.3. The number of benzene rings is 2. The maximum atomic E-state index is 13.2. The first kappa shape index (κ1) is 23.7. The van der Waals surface area contributed by atoms with E-state index in [1.807, 2.05) is 6.07 Å². The molecule has 2 N–H and O–H groups in total. The molecule has 0 aliphatic heterocycles. The minimum atomic E-state index is -4.85. The highest BCUT2D eigenvalue weighted by atomic mass is 19.4. The number of nitrogens with zero attached hydrogens (tertiary/aromatic N) is 4. The van der Waals surface area contributed by atoms with Crippen molar-refractivity contribution in [3.05, 3.63) is 95.8 Å². The quantitative estimate of drug-likeness (QED) is 0.429. The highest BCUT2D eigenvalue weighted by Gasteiger charge is 2.51. The summed E-state index contributed by atoms with van der Waals surface area (Å²) in [6, 6.07) is 18.1. The van der Waals surface area contributed by atoms with Gasteiger partial charge in [0, 0.05) is 29.6 Å². The molecule has 2 aromatic heterocycles. The number of halogens is 3. The number of alkyl halides is 3. The first-order valence-electron chi connectivity index (χ1n) is 10.3. The van der Waals surface area contributed by atoms with Crippen LogP contribution in [0.4, 0.5) is 19.0 Å². The largest absolute Gasteiger partial charge is 0.421 e. The Morgan fingerprint density at radius 3 is 2.23 bits per heavy atom. The van der Waals surface area contributed by atoms with Crippen molar-refractivity contribution in [2.24, 2.45) is 0 Å². The molecular formula is C25H18F3N5O2. The van der Waals surface area contributed by atoms with Crippen molar-refractivity contribution in [1.82, 2.24) is 14.8 Å². The molecule has 0 saturated heterocycles. The molecule has 0 saturated carbocycles. The van der Waals surface area contributed by atoms with Crippen molar-refractivity contribution in [3.8, 4) is 23.0 Å². The van der Waals surface area contributed by atoms with Gasteiger partial charge in [0.25, 0.3) is 5.91 Å². The standard InChI is InChI=1S/C25H18F3N5O2/c1-24(35,25(26,27)28)19-6-8-20(9-7-19)33-22(14-21(32-33)17-10-12-30-13-11-17)31-23(34)18-4-2-16(15-29)3-5-18/h2-14,35H,1H3,(H,31,34). The van der Waals surface area contributed by atoms with Crippen LogP contribution in [0.1, 0.15) is 28.4 Å². The van der Waals surface area contributed by atoms with E-state index in [0.29, 0.717) is 35.0 Å². The number of aromatic nitrogens is 3. The van der Waals surface area contributed by atoms with E-state index >= 15 is 0 Å². The molecule has 0 spiro atoms. The van der Waals surface area contributed by atoms with Gasteiger partial charge in [0.1, 0.15) is 5.82 Å². The third-order valence-electron chi connectivity index (χ3n) is 5.43. The summed E-state index contributed by atoms with van der Waals surface area (Å²) in [7, 11) is 0. The zero-order valence-corrected chi connectivity index (χ0v) is 18.3. The minimum absolute atomic E-state index is 0.265. The number of carbonyl (C=O) groups is 1. The molecule has 0 aliphatic carbocycles. The molecule has 2 heterocycles. The number of amides is 1. The van der Waals surface area contributed by atoms with E-state index < -0.39 is 17.7 Å². The molecule has 0 radical (unpaired) electrons. The number of carbonyl (C=O) groups excluding carboxylic acids is 1. The Balaban J connectivity index is 1.72. The molecule has 1 atom stereocenters. The van der Waals surface area contributed by atoms with E-state index in [0.717, 1.165) is 12.1 Å². The van der Waals surface area contributed by atoms with Crippen LogP contribution in [0.2, 0.25) is 0 Å². The van der Waals surface area contributed by atoms with Crippen molar-refractivity contribution in [2.75, 3.05) is 5.32 Å². The summed E-state index contributed by atoms with van der Waals surface area (Å²) in [5.41, 5.74) is -1.08. The Bertz CT molecular complexity index is 1390. The maximum Gasteiger partial charge on any atom is 0.421 e. The predicted octanol–water partition coefficient (Wildman–Crippen LogP) is 4.83. The monoisotopic (exact) mass is 477 g/mol. The molecule has 1 unspecified atom stereocenters. The molecule has 10 heteroatoms. The van der Waals surface area contributed by atoms with Gasteiger partial charge in [-0.15, -0.1) is 0 Å². The number of hydrogen-bond acceptors (Lipinski definition) is 5. The van der Waals surface area contributed by atoms with Gasteiger partial charge in [-0.1, -0.05) is 12.1 Å². The van der Waals surface area contributed by atoms with Gasteiger partial charge in [-0.3, -0.25) is 9.78 Å². The summed E-state index contributed by atoms with van der Waals surface area (Å²) >= 11 is 0. The van der Waals surface area contributed by atoms with E-state index in [1.165, 1.54) is 41.1 Å². The smallest absolute Gasteiger partial charge is 0.376 e. The molecule has 2 aromatic carbocycles. The number of nitrogens with one attached hydrogen (secondary N) is 1. The number of nitriles is 1. The van der Waals surface area contributed by atoms with Crippen molar-refractivity contribution in [1.29, 1.82) is 5.26 Å². The van der Waals surface area contributed by atoms with Crippen LogP contribution >= 0.6 is 0 Å². The van der Waals surface area contributed by atoms with E-state index in [1.54, 1.807) is 30.6 Å². The van der Waals surface area contributed by atoms with Crippen molar-refractivity contribution in [3.63, 3.8) is 0 Å². The number of anilines is 1. The second-order valence-corrected chi connectivity index (χ2v) is 7.82. The average molecular weight is 477 g/mol. The van der Waals surface area contributed by atoms with Gasteiger partial charge >= 0.3 is 6.18 Å². The molecule has 0 aliphatic rings. The molecule has 176 valence electrons. The Kier molecular flexibility index (Phi) is 6.11. The van der Waals surface area contributed by atoms with Gasteiger partial charge in [-0.05, 0) is 61.0 Å². The van der Waals surface area contributed by atoms with Gasteiger partial charge in [0.05, 0.1) is 23.0 Å². The van der Waals surface area contributed by atoms with E-state index in [-0.39, 0.29) is 11.4 Å². The number of rotatable bonds is 5. The van der Waals surface area contributed by atoms with Crippen LogP contribution in [0.3, 0.4) is 0 Å². The molecule has 0 fully saturated rings. The third-order valence-corrected chi connectivity index (χ3v) is 5.43. The topological polar surface area (TPSA) is 104 Å². The Morgan fingerprint density at radius 1 is 1.03 bits per heavy atom. The summed E-state index contributed by atoms with van der Waals surface area (Å²) < 4.78 is 41.0. The highest BCUT2D eigenvalue weighted by molar-refractivity contribution is 6.04. The molecule has 35 heavy (non-hydrogen) atoms. The second-order valence-electron chi connectivity index (χ2n) is 7.82. The number of aliphatic hydroxyl groups is 1. The molecular weight excluding hydrogens is 459 g/mol. The maximum absolute atomic E-state index is 13.2. The fourth-order valence-corrected chi connectivity index (χ4v) is 3.31. The molecule has 7 nitrogen and oxygen atoms in total. The van der Waals surface area contributed by atoms with E-state index in [9.17, 15) is 23.1 Å². The van der Waals surface area contributed by atoms with Gasteiger partial charge in [0.2, 0.25) is 0 Å². The third kappa shape index (κ3) is 4.76. The van der Waals surface area contributed by atoms with Crippen molar-refractivity contribution < 1.29 is 23.1 Å². The van der Waals surface area contributed by atoms with Crippen molar-refractivity contribution >= 4 is 11.7 Å². The van der Waals surface area contributed by atoms with Crippen LogP contribution in [0.15, 0.2) is 79.1 Å². The summed E-state index contributed by atoms with van der Waals surface area (Å²) in [5, 5.41) is 26.2. The highest BCUT2D eigenvalue weighted by Crippen LogP contribution is 2.38. The van der Waals surface area contributed by atoms with Crippen LogP contribution < -0.4 is 5.32 Å². The Labute approximate surface area is 198 Å². The first-order valence-corrected chi connectivity index (χ1v) is 10.3.